The summed E-state index contributed by atoms with van der Waals surface area (Å²) in [6.45, 7) is 0.588. The number of carbonyl (C=O) groups is 3. The number of aromatic amines is 1. The molecule has 2 unspecified atom stereocenters. The molecule has 4 heterocycles. The Morgan fingerprint density at radius 3 is 2.53 bits per heavy atom. The van der Waals surface area contributed by atoms with Gasteiger partial charge in [-0.15, -0.1) is 11.8 Å². The Morgan fingerprint density at radius 2 is 1.78 bits per heavy atom. The lowest BCUT2D eigenvalue weighted by molar-refractivity contribution is -0.137. The lowest BCUT2D eigenvalue weighted by atomic mass is 9.87. The van der Waals surface area contributed by atoms with Crippen molar-refractivity contribution in [3.05, 3.63) is 60.2 Å². The second-order valence-electron chi connectivity index (χ2n) is 14.9. The molecule has 0 saturated carbocycles. The number of benzene rings is 1. The first kappa shape index (κ1) is 51.1. The van der Waals surface area contributed by atoms with Crippen molar-refractivity contribution in [3.63, 3.8) is 0 Å². The first-order valence-electron chi connectivity index (χ1n) is 19.3. The molecule has 0 aliphatic carbocycles. The number of carbonyl (C=O) groups excluding carboxylic acids is 3. The third-order valence-electron chi connectivity index (χ3n) is 9.51. The van der Waals surface area contributed by atoms with E-state index in [0.29, 0.717) is 18.6 Å². The van der Waals surface area contributed by atoms with E-state index >= 15 is 0 Å². The average Bonchev–Trinajstić information content (AvgIpc) is 3.92. The zero-order valence-corrected chi connectivity index (χ0v) is 37.7. The maximum absolute atomic E-state index is 12.7. The van der Waals surface area contributed by atoms with E-state index in [4.69, 9.17) is 19.5 Å². The Balaban J connectivity index is 0.986. The van der Waals surface area contributed by atoms with Crippen molar-refractivity contribution in [2.24, 2.45) is 5.41 Å². The lowest BCUT2D eigenvalue weighted by Crippen LogP contribution is -2.46. The average molecular weight is 979 g/mol. The van der Waals surface area contributed by atoms with Gasteiger partial charge >= 0.3 is 23.5 Å². The number of phosphoric acid groups is 3. The van der Waals surface area contributed by atoms with Crippen LogP contribution in [0.3, 0.4) is 0 Å². The summed E-state index contributed by atoms with van der Waals surface area (Å²) in [5.74, 6) is -0.947. The van der Waals surface area contributed by atoms with Gasteiger partial charge in [0.25, 0.3) is 0 Å². The van der Waals surface area contributed by atoms with Gasteiger partial charge in [-0.05, 0) is 36.0 Å². The van der Waals surface area contributed by atoms with E-state index in [1.807, 2.05) is 30.5 Å². The van der Waals surface area contributed by atoms with Crippen molar-refractivity contribution in [3.8, 4) is 0 Å². The number of aliphatic hydroxyl groups is 2. The number of aryl methyl sites for hydroxylation is 1. The number of nitrogens with zero attached hydrogens (tertiary/aromatic N) is 4. The van der Waals surface area contributed by atoms with E-state index in [1.165, 1.54) is 31.7 Å². The van der Waals surface area contributed by atoms with Crippen LogP contribution in [0.2, 0.25) is 0 Å². The van der Waals surface area contributed by atoms with Gasteiger partial charge in [0.05, 0.1) is 19.5 Å². The summed E-state index contributed by atoms with van der Waals surface area (Å²) in [5.41, 5.74) is 6.48. The van der Waals surface area contributed by atoms with Crippen LogP contribution >= 0.6 is 35.2 Å². The standard InChI is InChI=1S/C35H49N8O17P3S/c1-35(2,30(47)33(48)38-12-10-26(45)37-13-15-64-14-11-22(44)7-5-6-21-16-39-24-9-4-3-8-23(21)24)18-57-63(54,55)60-62(52,53)56-17-25-29(59-61(49,50)51)28(46)34(58-25)43-20-42-27-31(36)40-19-41-32(27)43/h3-4,8-9,11,14,16,19-20,25,28-30,34,39,46-47H,5-7,10,12-13,15,17-18H2,1-2H3,(H,37,45)(H,38,48)(H,52,53)(H,54,55)(H2,36,40,41)(H2,49,50,51)/b14-11-/t25-,28-,29-,30+,34-/m1/s1. The molecule has 11 N–H and O–H groups in total. The number of ketones is 1. The number of rotatable bonds is 25. The van der Waals surface area contributed by atoms with Gasteiger partial charge in [-0.2, -0.15) is 4.31 Å². The molecule has 1 aliphatic heterocycles. The molecule has 0 radical (unpaired) electrons. The predicted octanol–water partition coefficient (Wildman–Crippen LogP) is 1.73. The Kier molecular flexibility index (Phi) is 17.6. The van der Waals surface area contributed by atoms with Crippen LogP contribution in [0.25, 0.3) is 22.1 Å². The van der Waals surface area contributed by atoms with Gasteiger partial charge in [-0.3, -0.25) is 32.5 Å². The van der Waals surface area contributed by atoms with Crippen LogP contribution in [0.4, 0.5) is 5.82 Å². The van der Waals surface area contributed by atoms with Crippen LogP contribution in [-0.2, 0) is 57.1 Å². The zero-order chi connectivity index (χ0) is 46.9. The highest BCUT2D eigenvalue weighted by Gasteiger charge is 2.50. The summed E-state index contributed by atoms with van der Waals surface area (Å²) in [7, 11) is -16.4. The van der Waals surface area contributed by atoms with E-state index in [9.17, 15) is 57.9 Å². The number of allylic oxidation sites excluding steroid dienone is 1. The highest BCUT2D eigenvalue weighted by Crippen LogP contribution is 2.61. The fourth-order valence-corrected chi connectivity index (χ4v) is 9.69. The molecule has 5 rings (SSSR count). The fourth-order valence-electron chi connectivity index (χ4n) is 6.26. The number of ether oxygens (including phenoxy) is 1. The summed E-state index contributed by atoms with van der Waals surface area (Å²) < 4.78 is 62.3. The molecule has 2 amide bonds. The number of nitrogens with one attached hydrogen (secondary N) is 3. The molecule has 0 spiro atoms. The molecule has 4 aromatic rings. The molecule has 1 saturated heterocycles. The molecular formula is C35H49N8O17P3S. The quantitative estimate of drug-likeness (QED) is 0.0257. The first-order chi connectivity index (χ1) is 30.1. The number of aromatic nitrogens is 5. The molecule has 0 bridgehead atoms. The monoisotopic (exact) mass is 978 g/mol. The van der Waals surface area contributed by atoms with E-state index in [1.54, 1.807) is 5.41 Å². The Labute approximate surface area is 369 Å². The topological polar surface area (TPSA) is 379 Å². The number of nitrogens with two attached hydrogens (primary N) is 1. The summed E-state index contributed by atoms with van der Waals surface area (Å²) in [6.07, 6.45) is -1.57. The molecule has 64 heavy (non-hydrogen) atoms. The van der Waals surface area contributed by atoms with Crippen LogP contribution in [0.15, 0.2) is 54.6 Å². The second-order valence-corrected chi connectivity index (χ2v) is 20.2. The minimum absolute atomic E-state index is 0.00653. The first-order valence-corrected chi connectivity index (χ1v) is 24.9. The predicted molar refractivity (Wildman–Crippen MR) is 227 cm³/mol. The van der Waals surface area contributed by atoms with Crippen LogP contribution < -0.4 is 16.4 Å². The minimum Gasteiger partial charge on any atom is -0.386 e. The maximum atomic E-state index is 12.7. The normalized spacial score (nSPS) is 20.6. The number of phosphoric ester groups is 3. The number of aliphatic hydroxyl groups excluding tert-OH is 2. The number of H-pyrrole nitrogens is 1. The largest absolute Gasteiger partial charge is 0.481 e. The van der Waals surface area contributed by atoms with Crippen molar-refractivity contribution in [2.75, 3.05) is 37.8 Å². The minimum atomic E-state index is -5.58. The molecule has 1 fully saturated rings. The van der Waals surface area contributed by atoms with Crippen molar-refractivity contribution in [1.29, 1.82) is 0 Å². The van der Waals surface area contributed by atoms with E-state index in [0.717, 1.165) is 40.1 Å². The van der Waals surface area contributed by atoms with Crippen LogP contribution in [0.1, 0.15) is 44.9 Å². The van der Waals surface area contributed by atoms with Gasteiger partial charge in [0.15, 0.2) is 23.5 Å². The van der Waals surface area contributed by atoms with Gasteiger partial charge in [0.1, 0.15) is 36.3 Å². The van der Waals surface area contributed by atoms with Crippen LogP contribution in [-0.4, -0.2) is 128 Å². The number of amides is 2. The number of hydrogen-bond acceptors (Lipinski definition) is 18. The SMILES string of the molecule is CC(C)(COP(=O)(O)OP(=O)(O)OC[C@H]1O[C@@H](n2cnc3c(N)ncnc32)[C@H](O)[C@@H]1OP(=O)(O)O)[C@@H](O)C(=O)NCCC(=O)NCCS/C=C\C(=O)CCCc1c[nH]c2ccccc12. The highest BCUT2D eigenvalue weighted by molar-refractivity contribution is 8.02. The smallest absolute Gasteiger partial charge is 0.386 e. The molecule has 1 aromatic carbocycles. The molecule has 352 valence electrons. The Bertz CT molecular complexity index is 2450. The number of hydrogen-bond donors (Lipinski definition) is 10. The van der Waals surface area contributed by atoms with E-state index in [-0.39, 0.29) is 42.3 Å². The maximum Gasteiger partial charge on any atom is 0.481 e. The van der Waals surface area contributed by atoms with Crippen LogP contribution in [0.5, 0.6) is 0 Å². The van der Waals surface area contributed by atoms with E-state index < -0.39 is 84.6 Å². The third-order valence-corrected chi connectivity index (χ3v) is 13.4. The van der Waals surface area contributed by atoms with Gasteiger partial charge in [0, 0.05) is 54.2 Å². The van der Waals surface area contributed by atoms with Crippen LogP contribution in [0, 0.1) is 5.41 Å². The zero-order valence-electron chi connectivity index (χ0n) is 34.2. The molecule has 25 nitrogen and oxygen atoms in total. The highest BCUT2D eigenvalue weighted by atomic mass is 32.2. The number of anilines is 1. The second kappa shape index (κ2) is 22.0. The van der Waals surface area contributed by atoms with Gasteiger partial charge in [-0.1, -0.05) is 32.0 Å². The number of imidazole rings is 1. The molecule has 3 aromatic heterocycles. The summed E-state index contributed by atoms with van der Waals surface area (Å²) in [6, 6.07) is 7.97. The van der Waals surface area contributed by atoms with Crippen molar-refractivity contribution >= 4 is 80.7 Å². The number of nitrogen functional groups attached to an aromatic ring is 1. The number of para-hydroxylation sites is 1. The van der Waals surface area contributed by atoms with Gasteiger partial charge in [0.2, 0.25) is 11.8 Å². The third kappa shape index (κ3) is 14.5. The van der Waals surface area contributed by atoms with Gasteiger partial charge in [-0.25, -0.2) is 28.6 Å². The van der Waals surface area contributed by atoms with Crippen molar-refractivity contribution < 1.29 is 80.5 Å². The lowest BCUT2D eigenvalue weighted by Gasteiger charge is -2.30. The molecule has 29 heteroatoms. The fraction of sp³-hybridized carbons (Fsp3) is 0.486. The number of thioether (sulfide) groups is 1. The Morgan fingerprint density at radius 1 is 1.05 bits per heavy atom. The molecular weight excluding hydrogens is 929 g/mol. The Hall–Kier alpha value is -3.94. The summed E-state index contributed by atoms with van der Waals surface area (Å²) in [4.78, 5) is 91.5. The summed E-state index contributed by atoms with van der Waals surface area (Å²) >= 11 is 1.34. The van der Waals surface area contributed by atoms with E-state index in [2.05, 4.69) is 39.4 Å². The number of fused-ring (bicyclic) bond motifs is 2. The van der Waals surface area contributed by atoms with Crippen molar-refractivity contribution in [2.45, 2.75) is 70.2 Å². The summed E-state index contributed by atoms with van der Waals surface area (Å²) in [5, 5.41) is 29.4. The van der Waals surface area contributed by atoms with Gasteiger partial charge < -0.3 is 55.9 Å². The molecule has 1 aliphatic rings. The van der Waals surface area contributed by atoms with Crippen molar-refractivity contribution in [1.82, 2.24) is 35.1 Å². The molecule has 7 atom stereocenters.